The van der Waals surface area contributed by atoms with Crippen molar-refractivity contribution in [3.05, 3.63) is 45.6 Å². The number of hydrogen-bond acceptors (Lipinski definition) is 5. The molecule has 0 saturated carbocycles. The summed E-state index contributed by atoms with van der Waals surface area (Å²) in [4.78, 5) is 12.4. The standard InChI is InChI=1S/C19H19F4N3OS/c1-5-26(6-2)8-13-24-18(14-9(3)10(4)28-19(14)25-13)27-17-15(22)11(20)7-12(21)16(17)23/h7H,5-6,8H2,1-4H3. The largest absolute Gasteiger partial charge is 0.432 e. The van der Waals surface area contributed by atoms with Gasteiger partial charge in [-0.2, -0.15) is 13.8 Å². The summed E-state index contributed by atoms with van der Waals surface area (Å²) in [7, 11) is 0. The molecule has 0 atom stereocenters. The van der Waals surface area contributed by atoms with Gasteiger partial charge >= 0.3 is 0 Å². The lowest BCUT2D eigenvalue weighted by Gasteiger charge is -2.17. The Labute approximate surface area is 163 Å². The van der Waals surface area contributed by atoms with Crippen LogP contribution in [0.2, 0.25) is 0 Å². The van der Waals surface area contributed by atoms with E-state index in [1.807, 2.05) is 20.8 Å². The summed E-state index contributed by atoms with van der Waals surface area (Å²) >= 11 is 1.39. The summed E-state index contributed by atoms with van der Waals surface area (Å²) in [5, 5.41) is 0.467. The van der Waals surface area contributed by atoms with Crippen molar-refractivity contribution in [2.75, 3.05) is 13.1 Å². The van der Waals surface area contributed by atoms with Crippen LogP contribution in [-0.2, 0) is 6.54 Å². The summed E-state index contributed by atoms with van der Waals surface area (Å²) in [6.07, 6.45) is 0. The third kappa shape index (κ3) is 3.68. The zero-order valence-corrected chi connectivity index (χ0v) is 16.7. The Balaban J connectivity index is 2.17. The minimum absolute atomic E-state index is 0.128. The first-order valence-electron chi connectivity index (χ1n) is 8.76. The zero-order valence-electron chi connectivity index (χ0n) is 15.9. The van der Waals surface area contributed by atoms with E-state index in [4.69, 9.17) is 4.74 Å². The molecule has 2 aromatic heterocycles. The molecular formula is C19H19F4N3OS. The lowest BCUT2D eigenvalue weighted by atomic mass is 10.2. The van der Waals surface area contributed by atoms with Gasteiger partial charge in [-0.05, 0) is 32.5 Å². The number of fused-ring (bicyclic) bond motifs is 1. The van der Waals surface area contributed by atoms with Gasteiger partial charge in [-0.25, -0.2) is 13.8 Å². The molecule has 0 fully saturated rings. The Morgan fingerprint density at radius 1 is 1.00 bits per heavy atom. The molecule has 0 aliphatic carbocycles. The highest BCUT2D eigenvalue weighted by Crippen LogP contribution is 2.38. The molecule has 0 bridgehead atoms. The van der Waals surface area contributed by atoms with Gasteiger partial charge < -0.3 is 4.74 Å². The van der Waals surface area contributed by atoms with Gasteiger partial charge in [0, 0.05) is 10.9 Å². The summed E-state index contributed by atoms with van der Waals surface area (Å²) in [5.74, 6) is -7.20. The zero-order chi connectivity index (χ0) is 20.6. The van der Waals surface area contributed by atoms with E-state index in [0.717, 1.165) is 23.5 Å². The minimum atomic E-state index is -1.61. The Morgan fingerprint density at radius 2 is 1.61 bits per heavy atom. The molecule has 28 heavy (non-hydrogen) atoms. The Hall–Kier alpha value is -2.26. The number of nitrogens with zero attached hydrogens (tertiary/aromatic N) is 3. The molecule has 3 rings (SSSR count). The van der Waals surface area contributed by atoms with Crippen molar-refractivity contribution in [1.82, 2.24) is 14.9 Å². The number of benzene rings is 1. The second-order valence-electron chi connectivity index (χ2n) is 6.27. The lowest BCUT2D eigenvalue weighted by Crippen LogP contribution is -2.23. The van der Waals surface area contributed by atoms with Crippen LogP contribution in [0.25, 0.3) is 10.2 Å². The van der Waals surface area contributed by atoms with Crippen LogP contribution in [0.5, 0.6) is 11.6 Å². The van der Waals surface area contributed by atoms with Crippen LogP contribution in [0.4, 0.5) is 17.6 Å². The van der Waals surface area contributed by atoms with E-state index in [9.17, 15) is 17.6 Å². The van der Waals surface area contributed by atoms with E-state index >= 15 is 0 Å². The highest BCUT2D eigenvalue weighted by atomic mass is 32.1. The molecule has 0 saturated heterocycles. The molecular weight excluding hydrogens is 394 g/mol. The van der Waals surface area contributed by atoms with Gasteiger partial charge in [0.25, 0.3) is 0 Å². The van der Waals surface area contributed by atoms with Gasteiger partial charge in [0.15, 0.2) is 11.6 Å². The molecule has 4 nitrogen and oxygen atoms in total. The van der Waals surface area contributed by atoms with Crippen molar-refractivity contribution in [3.63, 3.8) is 0 Å². The summed E-state index contributed by atoms with van der Waals surface area (Å²) in [6.45, 7) is 9.56. The molecule has 0 unspecified atom stereocenters. The topological polar surface area (TPSA) is 38.2 Å². The summed E-state index contributed by atoms with van der Waals surface area (Å²) in [6, 6.07) is 0.138. The number of aromatic nitrogens is 2. The number of hydrogen-bond donors (Lipinski definition) is 0. The normalized spacial score (nSPS) is 11.6. The van der Waals surface area contributed by atoms with E-state index in [1.54, 1.807) is 6.92 Å². The predicted molar refractivity (Wildman–Crippen MR) is 99.9 cm³/mol. The first kappa shape index (κ1) is 20.5. The second kappa shape index (κ2) is 8.00. The number of ether oxygens (including phenoxy) is 1. The smallest absolute Gasteiger partial charge is 0.231 e. The number of rotatable bonds is 6. The van der Waals surface area contributed by atoms with Gasteiger partial charge in [-0.15, -0.1) is 11.3 Å². The molecule has 1 aromatic carbocycles. The van der Waals surface area contributed by atoms with Gasteiger partial charge in [-0.3, -0.25) is 4.90 Å². The maximum absolute atomic E-state index is 14.1. The highest BCUT2D eigenvalue weighted by molar-refractivity contribution is 7.18. The van der Waals surface area contributed by atoms with Crippen LogP contribution in [0.1, 0.15) is 30.1 Å². The van der Waals surface area contributed by atoms with Crippen LogP contribution in [0, 0.1) is 37.1 Å². The SMILES string of the molecule is CCN(CC)Cc1nc(Oc2c(F)c(F)cc(F)c2F)c2c(C)c(C)sc2n1. The molecule has 9 heteroatoms. The summed E-state index contributed by atoms with van der Waals surface area (Å²) < 4.78 is 60.6. The van der Waals surface area contributed by atoms with Crippen molar-refractivity contribution >= 4 is 21.6 Å². The van der Waals surface area contributed by atoms with Crippen LogP contribution >= 0.6 is 11.3 Å². The van der Waals surface area contributed by atoms with E-state index in [0.29, 0.717) is 22.6 Å². The van der Waals surface area contributed by atoms with Crippen LogP contribution in [0.15, 0.2) is 6.07 Å². The van der Waals surface area contributed by atoms with Crippen LogP contribution in [0.3, 0.4) is 0 Å². The van der Waals surface area contributed by atoms with E-state index < -0.39 is 29.0 Å². The fraction of sp³-hybridized carbons (Fsp3) is 0.368. The number of thiophene rings is 1. The molecule has 2 heterocycles. The van der Waals surface area contributed by atoms with Gasteiger partial charge in [-0.1, -0.05) is 13.8 Å². The maximum Gasteiger partial charge on any atom is 0.231 e. The lowest BCUT2D eigenvalue weighted by molar-refractivity contribution is 0.286. The van der Waals surface area contributed by atoms with Gasteiger partial charge in [0.1, 0.15) is 10.7 Å². The fourth-order valence-electron chi connectivity index (χ4n) is 2.78. The van der Waals surface area contributed by atoms with Crippen molar-refractivity contribution in [1.29, 1.82) is 0 Å². The number of halogens is 4. The van der Waals surface area contributed by atoms with E-state index in [-0.39, 0.29) is 11.9 Å². The average Bonchev–Trinajstić information content (AvgIpc) is 2.95. The molecule has 0 amide bonds. The van der Waals surface area contributed by atoms with Crippen molar-refractivity contribution in [2.24, 2.45) is 0 Å². The first-order valence-corrected chi connectivity index (χ1v) is 9.58. The Bertz CT molecular complexity index is 1010. The van der Waals surface area contributed by atoms with Gasteiger partial charge in [0.2, 0.25) is 23.3 Å². The number of aryl methyl sites for hydroxylation is 2. The van der Waals surface area contributed by atoms with Crippen molar-refractivity contribution < 1.29 is 22.3 Å². The molecule has 0 radical (unpaired) electrons. The fourth-order valence-corrected chi connectivity index (χ4v) is 3.82. The molecule has 3 aromatic rings. The maximum atomic E-state index is 14.1. The highest BCUT2D eigenvalue weighted by Gasteiger charge is 2.24. The van der Waals surface area contributed by atoms with Crippen molar-refractivity contribution in [3.8, 4) is 11.6 Å². The summed E-state index contributed by atoms with van der Waals surface area (Å²) in [5.41, 5.74) is 0.780. The third-order valence-corrected chi connectivity index (χ3v) is 5.67. The molecule has 0 N–H and O–H groups in total. The minimum Gasteiger partial charge on any atom is -0.432 e. The quantitative estimate of drug-likeness (QED) is 0.395. The van der Waals surface area contributed by atoms with E-state index in [2.05, 4.69) is 14.9 Å². The average molecular weight is 413 g/mol. The van der Waals surface area contributed by atoms with Crippen molar-refractivity contribution in [2.45, 2.75) is 34.2 Å². The van der Waals surface area contributed by atoms with Crippen LogP contribution in [-0.4, -0.2) is 28.0 Å². The predicted octanol–water partition coefficient (Wildman–Crippen LogP) is 5.50. The third-order valence-electron chi connectivity index (χ3n) is 4.57. The second-order valence-corrected chi connectivity index (χ2v) is 7.47. The van der Waals surface area contributed by atoms with Crippen LogP contribution < -0.4 is 4.74 Å². The monoisotopic (exact) mass is 413 g/mol. The molecule has 0 aliphatic heterocycles. The van der Waals surface area contributed by atoms with Gasteiger partial charge in [0.05, 0.1) is 11.9 Å². The molecule has 150 valence electrons. The first-order chi connectivity index (χ1) is 13.3. The van der Waals surface area contributed by atoms with E-state index in [1.165, 1.54) is 11.3 Å². The molecule has 0 spiro atoms. The Kier molecular flexibility index (Phi) is 5.85. The molecule has 0 aliphatic rings. The Morgan fingerprint density at radius 3 is 2.18 bits per heavy atom.